The zero-order chi connectivity index (χ0) is 20.7. The number of fused-ring (bicyclic) bond motifs is 2. The van der Waals surface area contributed by atoms with E-state index in [-0.39, 0.29) is 17.0 Å². The molecule has 0 N–H and O–H groups in total. The molecule has 1 unspecified atom stereocenters. The lowest BCUT2D eigenvalue weighted by atomic mass is 9.77. The number of halogens is 2. The van der Waals surface area contributed by atoms with Gasteiger partial charge in [0.2, 0.25) is 0 Å². The smallest absolute Gasteiger partial charge is 0.319 e. The van der Waals surface area contributed by atoms with Crippen LogP contribution < -0.4 is 0 Å². The van der Waals surface area contributed by atoms with Crippen LogP contribution in [0.25, 0.3) is 11.4 Å². The Kier molecular flexibility index (Phi) is 4.60. The molecule has 1 aliphatic heterocycles. The minimum absolute atomic E-state index is 0.0351. The molecule has 1 amide bonds. The molecule has 2 aromatic heterocycles. The first-order chi connectivity index (χ1) is 14.6. The van der Waals surface area contributed by atoms with E-state index in [1.165, 1.54) is 18.3 Å². The summed E-state index contributed by atoms with van der Waals surface area (Å²) < 4.78 is 27.3. The van der Waals surface area contributed by atoms with Gasteiger partial charge in [0.1, 0.15) is 5.69 Å². The summed E-state index contributed by atoms with van der Waals surface area (Å²) in [6, 6.07) is 12.8. The molecule has 0 radical (unpaired) electrons. The predicted molar refractivity (Wildman–Crippen MR) is 108 cm³/mol. The van der Waals surface area contributed by atoms with Crippen molar-refractivity contribution < 1.29 is 13.6 Å². The molecule has 3 aromatic rings. The first-order valence-corrected chi connectivity index (χ1v) is 10.2. The number of likely N-dealkylation sites (tertiary alicyclic amines) is 1. The maximum atomic E-state index is 13.3. The number of nitrogens with zero attached hydrogens (tertiary/aromatic N) is 4. The number of alkyl halides is 2. The van der Waals surface area contributed by atoms with E-state index in [2.05, 4.69) is 4.98 Å². The third kappa shape index (κ3) is 3.09. The number of rotatable bonds is 3. The highest BCUT2D eigenvalue weighted by atomic mass is 19.3. The van der Waals surface area contributed by atoms with E-state index < -0.39 is 6.55 Å². The second-order valence-corrected chi connectivity index (χ2v) is 8.12. The molecule has 30 heavy (non-hydrogen) atoms. The SMILES string of the molecule is O=C(c1cccn1C(F)F)N1CCCC2(CCc3cnc(-c4ccccc4)nc32)C1. The van der Waals surface area contributed by atoms with E-state index >= 15 is 0 Å². The molecule has 1 aromatic carbocycles. The second-order valence-electron chi connectivity index (χ2n) is 8.12. The van der Waals surface area contributed by atoms with E-state index in [1.54, 1.807) is 4.90 Å². The molecule has 1 fully saturated rings. The van der Waals surface area contributed by atoms with Crippen molar-refractivity contribution in [3.63, 3.8) is 0 Å². The molecule has 5 nitrogen and oxygen atoms in total. The lowest BCUT2D eigenvalue weighted by molar-refractivity contribution is 0.0500. The van der Waals surface area contributed by atoms with Crippen LogP contribution in [0.15, 0.2) is 54.9 Å². The first kappa shape index (κ1) is 18.9. The van der Waals surface area contributed by atoms with E-state index in [1.807, 2.05) is 36.5 Å². The summed E-state index contributed by atoms with van der Waals surface area (Å²) in [7, 11) is 0. The fourth-order valence-electron chi connectivity index (χ4n) is 4.88. The standard InChI is InChI=1S/C23H22F2N4O/c24-22(25)29-13-4-8-18(29)21(30)28-12-5-10-23(15-28)11-9-17-14-26-20(27-19(17)23)16-6-2-1-3-7-16/h1-4,6-8,13-14,22H,5,9-12,15H2. The Morgan fingerprint density at radius 3 is 2.73 bits per heavy atom. The summed E-state index contributed by atoms with van der Waals surface area (Å²) in [5.74, 6) is 0.343. The number of hydrogen-bond acceptors (Lipinski definition) is 3. The van der Waals surface area contributed by atoms with Gasteiger partial charge in [-0.3, -0.25) is 9.36 Å². The molecule has 5 rings (SSSR count). The number of carbonyl (C=O) groups is 1. The van der Waals surface area contributed by atoms with Crippen LogP contribution in [0.3, 0.4) is 0 Å². The minimum Gasteiger partial charge on any atom is -0.336 e. The summed E-state index contributed by atoms with van der Waals surface area (Å²) in [4.78, 5) is 24.3. The highest BCUT2D eigenvalue weighted by molar-refractivity contribution is 5.93. The van der Waals surface area contributed by atoms with Gasteiger partial charge in [-0.2, -0.15) is 8.78 Å². The van der Waals surface area contributed by atoms with Crippen molar-refractivity contribution in [1.29, 1.82) is 0 Å². The summed E-state index contributed by atoms with van der Waals surface area (Å²) in [5, 5.41) is 0. The molecule has 1 aliphatic carbocycles. The van der Waals surface area contributed by atoms with Gasteiger partial charge in [-0.15, -0.1) is 0 Å². The molecular weight excluding hydrogens is 386 g/mol. The average Bonchev–Trinajstić information content (AvgIpc) is 3.40. The van der Waals surface area contributed by atoms with Crippen LogP contribution in [0.1, 0.15) is 47.6 Å². The van der Waals surface area contributed by atoms with E-state index in [0.29, 0.717) is 18.9 Å². The lowest BCUT2D eigenvalue weighted by Gasteiger charge is -2.40. The fourth-order valence-corrected chi connectivity index (χ4v) is 4.88. The molecule has 154 valence electrons. The summed E-state index contributed by atoms with van der Waals surface area (Å²) in [5.41, 5.74) is 2.89. The predicted octanol–water partition coefficient (Wildman–Crippen LogP) is 4.46. The maximum absolute atomic E-state index is 13.3. The molecule has 1 saturated heterocycles. The molecule has 7 heteroatoms. The fraction of sp³-hybridized carbons (Fsp3) is 0.348. The van der Waals surface area contributed by atoms with Crippen molar-refractivity contribution in [2.24, 2.45) is 0 Å². The van der Waals surface area contributed by atoms with Gasteiger partial charge in [-0.25, -0.2) is 9.97 Å². The molecule has 1 atom stereocenters. The van der Waals surface area contributed by atoms with Crippen LogP contribution in [0, 0.1) is 0 Å². The molecule has 2 aliphatic rings. The van der Waals surface area contributed by atoms with Crippen molar-refractivity contribution in [3.05, 3.63) is 71.8 Å². The molecule has 3 heterocycles. The zero-order valence-electron chi connectivity index (χ0n) is 16.5. The number of hydrogen-bond donors (Lipinski definition) is 0. The first-order valence-electron chi connectivity index (χ1n) is 10.2. The number of carbonyl (C=O) groups excluding carboxylic acids is 1. The van der Waals surface area contributed by atoms with Gasteiger partial charge in [-0.05, 0) is 43.4 Å². The van der Waals surface area contributed by atoms with Crippen molar-refractivity contribution in [2.45, 2.75) is 37.6 Å². The quantitative estimate of drug-likeness (QED) is 0.643. The number of amides is 1. The monoisotopic (exact) mass is 408 g/mol. The maximum Gasteiger partial charge on any atom is 0.319 e. The third-order valence-corrected chi connectivity index (χ3v) is 6.34. The Bertz CT molecular complexity index is 1080. The van der Waals surface area contributed by atoms with Crippen LogP contribution in [-0.2, 0) is 11.8 Å². The molecular formula is C23H22F2N4O. The highest BCUT2D eigenvalue weighted by Crippen LogP contribution is 2.44. The van der Waals surface area contributed by atoms with Crippen LogP contribution in [0.2, 0.25) is 0 Å². The normalized spacial score (nSPS) is 20.7. The number of aryl methyl sites for hydroxylation is 1. The van der Waals surface area contributed by atoms with Gasteiger partial charge < -0.3 is 4.90 Å². The van der Waals surface area contributed by atoms with Crippen LogP contribution >= 0.6 is 0 Å². The third-order valence-electron chi connectivity index (χ3n) is 6.34. The Morgan fingerprint density at radius 1 is 1.10 bits per heavy atom. The van der Waals surface area contributed by atoms with E-state index in [4.69, 9.17) is 4.98 Å². The van der Waals surface area contributed by atoms with Crippen LogP contribution in [0.5, 0.6) is 0 Å². The molecule has 0 saturated carbocycles. The minimum atomic E-state index is -2.73. The van der Waals surface area contributed by atoms with Gasteiger partial charge in [0.25, 0.3) is 5.91 Å². The second kappa shape index (κ2) is 7.31. The van der Waals surface area contributed by atoms with Crippen molar-refractivity contribution >= 4 is 5.91 Å². The lowest BCUT2D eigenvalue weighted by Crippen LogP contribution is -2.48. The Morgan fingerprint density at radius 2 is 1.93 bits per heavy atom. The molecule has 0 bridgehead atoms. The Labute approximate surface area is 173 Å². The number of benzene rings is 1. The Hall–Kier alpha value is -3.09. The molecule has 1 spiro atoms. The largest absolute Gasteiger partial charge is 0.336 e. The van der Waals surface area contributed by atoms with E-state index in [9.17, 15) is 13.6 Å². The van der Waals surface area contributed by atoms with Gasteiger partial charge in [0.05, 0.1) is 5.69 Å². The highest BCUT2D eigenvalue weighted by Gasteiger charge is 2.45. The topological polar surface area (TPSA) is 51.0 Å². The van der Waals surface area contributed by atoms with Gasteiger partial charge in [0.15, 0.2) is 5.82 Å². The average molecular weight is 408 g/mol. The number of piperidine rings is 1. The zero-order valence-corrected chi connectivity index (χ0v) is 16.5. The van der Waals surface area contributed by atoms with Crippen LogP contribution in [-0.4, -0.2) is 38.4 Å². The van der Waals surface area contributed by atoms with Crippen LogP contribution in [0.4, 0.5) is 8.78 Å². The van der Waals surface area contributed by atoms with Crippen molar-refractivity contribution in [2.75, 3.05) is 13.1 Å². The van der Waals surface area contributed by atoms with Crippen molar-refractivity contribution in [1.82, 2.24) is 19.4 Å². The van der Waals surface area contributed by atoms with Crippen molar-refractivity contribution in [3.8, 4) is 11.4 Å². The summed E-state index contributed by atoms with van der Waals surface area (Å²) in [6.45, 7) is -1.66. The Balaban J connectivity index is 1.47. The van der Waals surface area contributed by atoms with Gasteiger partial charge >= 0.3 is 6.55 Å². The van der Waals surface area contributed by atoms with Gasteiger partial charge in [-0.1, -0.05) is 30.3 Å². The van der Waals surface area contributed by atoms with Gasteiger partial charge in [0, 0.05) is 36.5 Å². The van der Waals surface area contributed by atoms with E-state index in [0.717, 1.165) is 47.1 Å². The summed E-state index contributed by atoms with van der Waals surface area (Å²) >= 11 is 0. The summed E-state index contributed by atoms with van der Waals surface area (Å²) in [6.07, 6.45) is 6.69. The number of aromatic nitrogens is 3.